The molecule has 1 unspecified atom stereocenters. The molecule has 0 saturated carbocycles. The van der Waals surface area contributed by atoms with Gasteiger partial charge in [-0.3, -0.25) is 4.79 Å². The number of hydrogen-bond donors (Lipinski definition) is 1. The Labute approximate surface area is 129 Å². The average molecular weight is 304 g/mol. The van der Waals surface area contributed by atoms with Crippen LogP contribution < -0.4 is 5.32 Å². The molecule has 1 aliphatic rings. The number of aromatic nitrogens is 1. The fraction of sp³-hybridized carbons (Fsp3) is 0.375. The molecule has 4 nitrogen and oxygen atoms in total. The standard InChI is InChI=1S/C16H18ClN3O/c1-20-7-6-11(10-20)9-18-16(21)14-8-12-4-2-3-5-13(12)15(17)19-14/h2-5,8,11H,6-7,9-10H2,1H3,(H,18,21). The fourth-order valence-corrected chi connectivity index (χ4v) is 3.06. The van der Waals surface area contributed by atoms with Gasteiger partial charge in [0.25, 0.3) is 5.91 Å². The second kappa shape index (κ2) is 6.00. The smallest absolute Gasteiger partial charge is 0.269 e. The van der Waals surface area contributed by atoms with Gasteiger partial charge in [-0.2, -0.15) is 0 Å². The van der Waals surface area contributed by atoms with Crippen molar-refractivity contribution in [3.63, 3.8) is 0 Å². The fourth-order valence-electron chi connectivity index (χ4n) is 2.79. The average Bonchev–Trinajstić information content (AvgIpc) is 2.90. The summed E-state index contributed by atoms with van der Waals surface area (Å²) in [6, 6.07) is 9.46. The number of likely N-dealkylation sites (tertiary alicyclic amines) is 1. The van der Waals surface area contributed by atoms with E-state index < -0.39 is 0 Å². The lowest BCUT2D eigenvalue weighted by atomic mass is 10.1. The van der Waals surface area contributed by atoms with E-state index in [1.165, 1.54) is 0 Å². The van der Waals surface area contributed by atoms with Crippen LogP contribution in [-0.4, -0.2) is 42.5 Å². The van der Waals surface area contributed by atoms with Crippen molar-refractivity contribution in [2.24, 2.45) is 5.92 Å². The summed E-state index contributed by atoms with van der Waals surface area (Å²) >= 11 is 6.15. The molecule has 2 heterocycles. The molecule has 1 fully saturated rings. The molecule has 1 aliphatic heterocycles. The predicted molar refractivity (Wildman–Crippen MR) is 84.7 cm³/mol. The molecule has 1 aromatic heterocycles. The number of halogens is 1. The molecule has 0 aliphatic carbocycles. The molecule has 0 bridgehead atoms. The van der Waals surface area contributed by atoms with E-state index >= 15 is 0 Å². The van der Waals surface area contributed by atoms with Crippen molar-refractivity contribution in [3.8, 4) is 0 Å². The van der Waals surface area contributed by atoms with Crippen molar-refractivity contribution < 1.29 is 4.79 Å². The molecule has 2 aromatic rings. The highest BCUT2D eigenvalue weighted by Crippen LogP contribution is 2.22. The molecule has 1 saturated heterocycles. The van der Waals surface area contributed by atoms with Gasteiger partial charge in [-0.15, -0.1) is 0 Å². The third-order valence-corrected chi connectivity index (χ3v) is 4.25. The summed E-state index contributed by atoms with van der Waals surface area (Å²) in [5.74, 6) is 0.368. The maximum atomic E-state index is 12.2. The summed E-state index contributed by atoms with van der Waals surface area (Å²) in [4.78, 5) is 18.7. The number of pyridine rings is 1. The summed E-state index contributed by atoms with van der Waals surface area (Å²) in [5.41, 5.74) is 0.380. The number of carbonyl (C=O) groups excluding carboxylic acids is 1. The van der Waals surface area contributed by atoms with Gasteiger partial charge in [-0.1, -0.05) is 35.9 Å². The van der Waals surface area contributed by atoms with E-state index in [1.807, 2.05) is 24.3 Å². The van der Waals surface area contributed by atoms with Gasteiger partial charge >= 0.3 is 0 Å². The van der Waals surface area contributed by atoms with Gasteiger partial charge in [0.05, 0.1) is 0 Å². The van der Waals surface area contributed by atoms with E-state index in [-0.39, 0.29) is 5.91 Å². The zero-order chi connectivity index (χ0) is 14.8. The van der Waals surface area contributed by atoms with Crippen molar-refractivity contribution in [2.45, 2.75) is 6.42 Å². The number of carbonyl (C=O) groups is 1. The second-order valence-electron chi connectivity index (χ2n) is 5.65. The Balaban J connectivity index is 1.72. The van der Waals surface area contributed by atoms with Crippen LogP contribution in [0.2, 0.25) is 5.15 Å². The SMILES string of the molecule is CN1CCC(CNC(=O)c2cc3ccccc3c(Cl)n2)C1. The summed E-state index contributed by atoms with van der Waals surface area (Å²) in [6.45, 7) is 2.82. The molecule has 110 valence electrons. The summed E-state index contributed by atoms with van der Waals surface area (Å²) < 4.78 is 0. The Kier molecular flexibility index (Phi) is 4.08. The molecule has 1 atom stereocenters. The first-order chi connectivity index (χ1) is 10.1. The van der Waals surface area contributed by atoms with Crippen LogP contribution in [0.1, 0.15) is 16.9 Å². The summed E-state index contributed by atoms with van der Waals surface area (Å²) in [6.07, 6.45) is 1.13. The highest BCUT2D eigenvalue weighted by Gasteiger charge is 2.20. The molecular formula is C16H18ClN3O. The zero-order valence-electron chi connectivity index (χ0n) is 12.0. The molecule has 1 N–H and O–H groups in total. The molecule has 1 aromatic carbocycles. The molecule has 5 heteroatoms. The third kappa shape index (κ3) is 3.17. The van der Waals surface area contributed by atoms with Gasteiger partial charge in [0.15, 0.2) is 0 Å². The van der Waals surface area contributed by atoms with E-state index in [4.69, 9.17) is 11.6 Å². The summed E-state index contributed by atoms with van der Waals surface area (Å²) in [5, 5.41) is 5.14. The minimum atomic E-state index is -0.155. The van der Waals surface area contributed by atoms with Gasteiger partial charge in [-0.25, -0.2) is 4.98 Å². The normalized spacial score (nSPS) is 19.0. The largest absolute Gasteiger partial charge is 0.350 e. The second-order valence-corrected chi connectivity index (χ2v) is 6.00. The highest BCUT2D eigenvalue weighted by molar-refractivity contribution is 6.34. The van der Waals surface area contributed by atoms with E-state index in [1.54, 1.807) is 6.07 Å². The quantitative estimate of drug-likeness (QED) is 0.887. The van der Waals surface area contributed by atoms with Gasteiger partial charge in [0, 0.05) is 18.5 Å². The first-order valence-corrected chi connectivity index (χ1v) is 7.53. The molecule has 21 heavy (non-hydrogen) atoms. The molecular weight excluding hydrogens is 286 g/mol. The van der Waals surface area contributed by atoms with Crippen LogP contribution in [0, 0.1) is 5.92 Å². The van der Waals surface area contributed by atoms with Crippen molar-refractivity contribution in [2.75, 3.05) is 26.7 Å². The minimum Gasteiger partial charge on any atom is -0.350 e. The lowest BCUT2D eigenvalue weighted by Gasteiger charge is -2.12. The molecule has 1 amide bonds. The number of nitrogens with zero attached hydrogens (tertiary/aromatic N) is 2. The van der Waals surface area contributed by atoms with Crippen molar-refractivity contribution in [3.05, 3.63) is 41.2 Å². The van der Waals surface area contributed by atoms with Crippen molar-refractivity contribution >= 4 is 28.3 Å². The minimum absolute atomic E-state index is 0.155. The highest BCUT2D eigenvalue weighted by atomic mass is 35.5. The molecule has 0 spiro atoms. The Morgan fingerprint density at radius 1 is 1.48 bits per heavy atom. The number of benzene rings is 1. The topological polar surface area (TPSA) is 45.2 Å². The van der Waals surface area contributed by atoms with Gasteiger partial charge in [-0.05, 0) is 37.4 Å². The Morgan fingerprint density at radius 3 is 3.05 bits per heavy atom. The van der Waals surface area contributed by atoms with E-state index in [2.05, 4.69) is 22.2 Å². The van der Waals surface area contributed by atoms with Crippen molar-refractivity contribution in [1.29, 1.82) is 0 Å². The van der Waals surface area contributed by atoms with Crippen LogP contribution in [-0.2, 0) is 0 Å². The summed E-state index contributed by atoms with van der Waals surface area (Å²) in [7, 11) is 2.10. The first-order valence-electron chi connectivity index (χ1n) is 7.15. The van der Waals surface area contributed by atoms with Crippen LogP contribution in [0.4, 0.5) is 0 Å². The number of amides is 1. The maximum absolute atomic E-state index is 12.2. The predicted octanol–water partition coefficient (Wildman–Crippen LogP) is 2.57. The Bertz CT molecular complexity index is 674. The zero-order valence-corrected chi connectivity index (χ0v) is 12.7. The number of hydrogen-bond acceptors (Lipinski definition) is 3. The van der Waals surface area contributed by atoms with E-state index in [0.29, 0.717) is 23.3 Å². The van der Waals surface area contributed by atoms with Crippen LogP contribution in [0.25, 0.3) is 10.8 Å². The van der Waals surface area contributed by atoms with Gasteiger partial charge in [0.2, 0.25) is 0 Å². The van der Waals surface area contributed by atoms with Crippen LogP contribution >= 0.6 is 11.6 Å². The van der Waals surface area contributed by atoms with Gasteiger partial charge < -0.3 is 10.2 Å². The Morgan fingerprint density at radius 2 is 2.29 bits per heavy atom. The number of fused-ring (bicyclic) bond motifs is 1. The molecule has 3 rings (SSSR count). The first kappa shape index (κ1) is 14.3. The van der Waals surface area contributed by atoms with E-state index in [9.17, 15) is 4.79 Å². The lowest BCUT2D eigenvalue weighted by Crippen LogP contribution is -2.31. The Hall–Kier alpha value is -1.65. The lowest BCUT2D eigenvalue weighted by molar-refractivity contribution is 0.0943. The van der Waals surface area contributed by atoms with Crippen LogP contribution in [0.15, 0.2) is 30.3 Å². The van der Waals surface area contributed by atoms with Crippen molar-refractivity contribution in [1.82, 2.24) is 15.2 Å². The number of rotatable bonds is 3. The monoisotopic (exact) mass is 303 g/mol. The van der Waals surface area contributed by atoms with Crippen LogP contribution in [0.5, 0.6) is 0 Å². The third-order valence-electron chi connectivity index (χ3n) is 3.97. The van der Waals surface area contributed by atoms with Gasteiger partial charge in [0.1, 0.15) is 10.8 Å². The maximum Gasteiger partial charge on any atom is 0.269 e. The van der Waals surface area contributed by atoms with Crippen LogP contribution in [0.3, 0.4) is 0 Å². The number of nitrogens with one attached hydrogen (secondary N) is 1. The molecule has 0 radical (unpaired) electrons. The van der Waals surface area contributed by atoms with E-state index in [0.717, 1.165) is 30.3 Å².